The largest absolute Gasteiger partial charge is 0.469 e. The van der Waals surface area contributed by atoms with Crippen LogP contribution < -0.4 is 0 Å². The lowest BCUT2D eigenvalue weighted by Gasteiger charge is -2.46. The van der Waals surface area contributed by atoms with Crippen molar-refractivity contribution in [1.29, 1.82) is 0 Å². The van der Waals surface area contributed by atoms with Crippen LogP contribution in [0.1, 0.15) is 24.8 Å². The van der Waals surface area contributed by atoms with Gasteiger partial charge >= 0.3 is 5.97 Å². The highest BCUT2D eigenvalue weighted by atomic mass is 16.5. The van der Waals surface area contributed by atoms with Crippen LogP contribution in [0.2, 0.25) is 0 Å². The normalized spacial score (nSPS) is 23.0. The Kier molecular flexibility index (Phi) is 5.23. The van der Waals surface area contributed by atoms with Crippen molar-refractivity contribution < 1.29 is 14.3 Å². The second-order valence-corrected chi connectivity index (χ2v) is 6.94. The van der Waals surface area contributed by atoms with Crippen molar-refractivity contribution in [1.82, 2.24) is 9.80 Å². The summed E-state index contributed by atoms with van der Waals surface area (Å²) in [5.41, 5.74) is 0.861. The van der Waals surface area contributed by atoms with E-state index in [1.807, 2.05) is 11.0 Å². The number of rotatable bonds is 5. The number of benzene rings is 1. The van der Waals surface area contributed by atoms with Crippen LogP contribution in [0.5, 0.6) is 0 Å². The third kappa shape index (κ3) is 3.33. The summed E-state index contributed by atoms with van der Waals surface area (Å²) >= 11 is 0. The smallest absolute Gasteiger partial charge is 0.311 e. The minimum atomic E-state index is -0.425. The molecule has 1 amide bonds. The van der Waals surface area contributed by atoms with Crippen molar-refractivity contribution in [3.05, 3.63) is 48.6 Å². The van der Waals surface area contributed by atoms with Crippen molar-refractivity contribution in [3.8, 4) is 0 Å². The molecule has 1 atom stereocenters. The van der Waals surface area contributed by atoms with Gasteiger partial charge in [-0.15, -0.1) is 6.58 Å². The van der Waals surface area contributed by atoms with Crippen LogP contribution in [0.3, 0.4) is 0 Å². The maximum atomic E-state index is 12.5. The maximum absolute atomic E-state index is 12.5. The van der Waals surface area contributed by atoms with Gasteiger partial charge in [0.1, 0.15) is 0 Å². The number of amides is 1. The summed E-state index contributed by atoms with van der Waals surface area (Å²) in [4.78, 5) is 29.1. The van der Waals surface area contributed by atoms with Gasteiger partial charge in [-0.3, -0.25) is 14.5 Å². The monoisotopic (exact) mass is 342 g/mol. The van der Waals surface area contributed by atoms with Crippen LogP contribution in [-0.2, 0) is 20.9 Å². The lowest BCUT2D eigenvalue weighted by molar-refractivity contribution is -0.150. The fraction of sp³-hybridized carbons (Fsp3) is 0.500. The van der Waals surface area contributed by atoms with Crippen LogP contribution in [0.25, 0.3) is 0 Å². The number of hydrogen-bond donors (Lipinski definition) is 0. The molecule has 0 saturated carbocycles. The minimum Gasteiger partial charge on any atom is -0.469 e. The third-order valence-electron chi connectivity index (χ3n) is 5.63. The first-order chi connectivity index (χ1) is 12.1. The molecule has 2 aliphatic heterocycles. The molecule has 0 aliphatic carbocycles. The molecule has 2 fully saturated rings. The predicted molar refractivity (Wildman–Crippen MR) is 95.7 cm³/mol. The first kappa shape index (κ1) is 17.7. The van der Waals surface area contributed by atoms with Crippen molar-refractivity contribution in [2.75, 3.05) is 26.7 Å². The highest BCUT2D eigenvalue weighted by Gasteiger charge is 2.56. The van der Waals surface area contributed by atoms with E-state index in [1.54, 1.807) is 6.08 Å². The third-order valence-corrected chi connectivity index (χ3v) is 5.63. The summed E-state index contributed by atoms with van der Waals surface area (Å²) in [5, 5.41) is 0. The van der Waals surface area contributed by atoms with Gasteiger partial charge in [-0.1, -0.05) is 36.4 Å². The number of carbonyl (C=O) groups is 2. The summed E-state index contributed by atoms with van der Waals surface area (Å²) in [6, 6.07) is 10.4. The van der Waals surface area contributed by atoms with Gasteiger partial charge in [0.25, 0.3) is 0 Å². The fourth-order valence-electron chi connectivity index (χ4n) is 4.33. The maximum Gasteiger partial charge on any atom is 0.311 e. The molecule has 0 aromatic heterocycles. The number of likely N-dealkylation sites (tertiary alicyclic amines) is 2. The molecule has 1 spiro atoms. The van der Waals surface area contributed by atoms with Gasteiger partial charge in [-0.05, 0) is 18.4 Å². The first-order valence-electron chi connectivity index (χ1n) is 8.86. The molecule has 3 rings (SSSR count). The predicted octanol–water partition coefficient (Wildman–Crippen LogP) is 2.23. The zero-order valence-electron chi connectivity index (χ0n) is 14.8. The van der Waals surface area contributed by atoms with Gasteiger partial charge in [-0.2, -0.15) is 0 Å². The van der Waals surface area contributed by atoms with Crippen molar-refractivity contribution in [2.45, 2.75) is 31.3 Å². The summed E-state index contributed by atoms with van der Waals surface area (Å²) in [5.74, 6) is -0.605. The van der Waals surface area contributed by atoms with Crippen molar-refractivity contribution in [2.24, 2.45) is 5.92 Å². The summed E-state index contributed by atoms with van der Waals surface area (Å²) < 4.78 is 5.00. The number of carbonyl (C=O) groups excluding carboxylic acids is 2. The van der Waals surface area contributed by atoms with Gasteiger partial charge in [0, 0.05) is 32.6 Å². The molecule has 1 unspecified atom stereocenters. The van der Waals surface area contributed by atoms with Gasteiger partial charge < -0.3 is 9.64 Å². The average molecular weight is 342 g/mol. The molecule has 1 aromatic rings. The molecule has 2 saturated heterocycles. The Labute approximate surface area is 149 Å². The highest BCUT2D eigenvalue weighted by molar-refractivity contribution is 5.89. The highest BCUT2D eigenvalue weighted by Crippen LogP contribution is 2.44. The van der Waals surface area contributed by atoms with Crippen LogP contribution in [0, 0.1) is 5.92 Å². The Morgan fingerprint density at radius 1 is 1.32 bits per heavy atom. The molecule has 1 aromatic carbocycles. The van der Waals surface area contributed by atoms with E-state index in [1.165, 1.54) is 12.7 Å². The molecule has 2 heterocycles. The van der Waals surface area contributed by atoms with Crippen LogP contribution >= 0.6 is 0 Å². The summed E-state index contributed by atoms with van der Waals surface area (Å²) in [6.45, 7) is 6.89. The van der Waals surface area contributed by atoms with Crippen molar-refractivity contribution >= 4 is 11.9 Å². The van der Waals surface area contributed by atoms with Crippen LogP contribution in [-0.4, -0.2) is 54.0 Å². The van der Waals surface area contributed by atoms with E-state index < -0.39 is 5.54 Å². The zero-order valence-corrected chi connectivity index (χ0v) is 14.8. The molecule has 0 bridgehead atoms. The van der Waals surface area contributed by atoms with E-state index in [4.69, 9.17) is 4.74 Å². The molecule has 25 heavy (non-hydrogen) atoms. The molecule has 5 nitrogen and oxygen atoms in total. The lowest BCUT2D eigenvalue weighted by atomic mass is 9.76. The molecule has 0 N–H and O–H groups in total. The Hall–Kier alpha value is -2.14. The van der Waals surface area contributed by atoms with Crippen molar-refractivity contribution in [3.63, 3.8) is 0 Å². The summed E-state index contributed by atoms with van der Waals surface area (Å²) in [7, 11) is 1.40. The van der Waals surface area contributed by atoms with E-state index in [0.717, 1.165) is 32.5 Å². The fourth-order valence-corrected chi connectivity index (χ4v) is 4.33. The van der Waals surface area contributed by atoms with E-state index in [2.05, 4.69) is 35.7 Å². The van der Waals surface area contributed by atoms with Crippen LogP contribution in [0.4, 0.5) is 0 Å². The van der Waals surface area contributed by atoms with E-state index in [-0.39, 0.29) is 24.2 Å². The van der Waals surface area contributed by atoms with Gasteiger partial charge in [-0.25, -0.2) is 0 Å². The number of methoxy groups -OCH3 is 1. The van der Waals surface area contributed by atoms with Gasteiger partial charge in [0.05, 0.1) is 18.6 Å². The Bertz CT molecular complexity index is 636. The Balaban J connectivity index is 1.75. The van der Waals surface area contributed by atoms with Gasteiger partial charge in [0.2, 0.25) is 5.91 Å². The summed E-state index contributed by atoms with van der Waals surface area (Å²) in [6.07, 6.45) is 3.58. The second-order valence-electron chi connectivity index (χ2n) is 6.94. The Morgan fingerprint density at radius 3 is 2.60 bits per heavy atom. The number of esters is 1. The first-order valence-corrected chi connectivity index (χ1v) is 8.86. The van der Waals surface area contributed by atoms with Crippen LogP contribution in [0.15, 0.2) is 43.0 Å². The number of hydrogen-bond acceptors (Lipinski definition) is 4. The molecule has 0 radical (unpaired) electrons. The molecular formula is C20H26N2O3. The number of piperidine rings is 1. The lowest BCUT2D eigenvalue weighted by Crippen LogP contribution is -2.57. The zero-order chi connectivity index (χ0) is 17.9. The second kappa shape index (κ2) is 7.40. The average Bonchev–Trinajstić information content (AvgIpc) is 2.90. The quantitative estimate of drug-likeness (QED) is 0.608. The van der Waals surface area contributed by atoms with Gasteiger partial charge in [0.15, 0.2) is 0 Å². The SMILES string of the molecule is C=CCN1C(=O)CC(C(=O)OC)C12CCN(Cc1ccccc1)CC2. The topological polar surface area (TPSA) is 49.9 Å². The molecule has 134 valence electrons. The Morgan fingerprint density at radius 2 is 2.00 bits per heavy atom. The van der Waals surface area contributed by atoms with E-state index >= 15 is 0 Å². The number of nitrogens with zero attached hydrogens (tertiary/aromatic N) is 2. The number of ether oxygens (including phenoxy) is 1. The van der Waals surface area contributed by atoms with E-state index in [0.29, 0.717) is 6.54 Å². The van der Waals surface area contributed by atoms with E-state index in [9.17, 15) is 9.59 Å². The minimum absolute atomic E-state index is 0.0341. The molecular weight excluding hydrogens is 316 g/mol. The molecule has 2 aliphatic rings. The standard InChI is InChI=1S/C20H26N2O3/c1-3-11-22-18(23)14-17(19(24)25-2)20(22)9-12-21(13-10-20)15-16-7-5-4-6-8-16/h3-8,17H,1,9-15H2,2H3. The molecule has 5 heteroatoms.